The molecule has 0 rings (SSSR count). The van der Waals surface area contributed by atoms with Crippen LogP contribution >= 0.6 is 0 Å². The molecule has 4 heteroatoms. The number of carbonyl (C=O) groups is 2. The smallest absolute Gasteiger partial charge is 0.220 e. The molecular formula is C72H144N2O2. The Kier molecular flexibility index (Phi) is 70.5. The lowest BCUT2D eigenvalue weighted by Gasteiger charge is -2.13. The lowest BCUT2D eigenvalue weighted by atomic mass is 9.93. The number of rotatable bonds is 65. The highest BCUT2D eigenvalue weighted by Gasteiger charge is 2.15. The number of hydrogen-bond acceptors (Lipinski definition) is 2. The van der Waals surface area contributed by atoms with E-state index in [0.29, 0.717) is 0 Å². The van der Waals surface area contributed by atoms with Crippen LogP contribution in [0.25, 0.3) is 0 Å². The van der Waals surface area contributed by atoms with Gasteiger partial charge in [-0.1, -0.05) is 387 Å². The number of carbonyl (C=O) groups excluding carboxylic acids is 2. The second-order valence-electron chi connectivity index (χ2n) is 24.8. The van der Waals surface area contributed by atoms with Gasteiger partial charge in [-0.3, -0.25) is 9.59 Å². The lowest BCUT2D eigenvalue weighted by molar-refractivity contribution is -0.123. The van der Waals surface area contributed by atoms with E-state index in [1.165, 1.54) is 366 Å². The van der Waals surface area contributed by atoms with Gasteiger partial charge in [-0.2, -0.15) is 0 Å². The summed E-state index contributed by atoms with van der Waals surface area (Å²) in [5.41, 5.74) is 11.4. The van der Waals surface area contributed by atoms with Crippen molar-refractivity contribution in [3.8, 4) is 0 Å². The van der Waals surface area contributed by atoms with E-state index in [1.807, 2.05) is 0 Å². The molecule has 2 unspecified atom stereocenters. The van der Waals surface area contributed by atoms with Gasteiger partial charge in [0.2, 0.25) is 11.8 Å². The van der Waals surface area contributed by atoms with Crippen molar-refractivity contribution < 1.29 is 9.59 Å². The minimum Gasteiger partial charge on any atom is -0.369 e. The van der Waals surface area contributed by atoms with Gasteiger partial charge in [-0.25, -0.2) is 0 Å². The fourth-order valence-electron chi connectivity index (χ4n) is 11.6. The predicted molar refractivity (Wildman–Crippen MR) is 343 cm³/mol. The van der Waals surface area contributed by atoms with E-state index in [0.717, 1.165) is 32.1 Å². The monoisotopic (exact) mass is 1070 g/mol. The average Bonchev–Trinajstić information content (AvgIpc) is 3.41. The van der Waals surface area contributed by atoms with Gasteiger partial charge < -0.3 is 11.5 Å². The summed E-state index contributed by atoms with van der Waals surface area (Å²) in [6, 6.07) is 0. The standard InChI is InChI=1S/C36H73NO.C36H71NO/c2*1-3-5-7-9-11-13-15-17-19-20-22-24-26-28-30-32-34-35(36(37)38)33-31-29-27-25-23-21-18-16-14-12-10-8-6-4-2/h35H,3-34H2,1-2H3,(H2,37,38);18,21,35H,3-17,19-20,22-34H2,1-2H3,(H2,37,38). The zero-order valence-electron chi connectivity index (χ0n) is 53.1. The minimum absolute atomic E-state index is 0.0550. The maximum atomic E-state index is 11.9. The Bertz CT molecular complexity index is 1100. The van der Waals surface area contributed by atoms with Gasteiger partial charge >= 0.3 is 0 Å². The van der Waals surface area contributed by atoms with Crippen LogP contribution in [0.2, 0.25) is 0 Å². The highest BCUT2D eigenvalue weighted by Crippen LogP contribution is 2.22. The molecule has 0 saturated heterocycles. The molecule has 76 heavy (non-hydrogen) atoms. The lowest BCUT2D eigenvalue weighted by Crippen LogP contribution is -2.23. The molecule has 0 aromatic heterocycles. The SMILES string of the molecule is CCCCCCCCC=CCCCCCCC(CCCCCCCCCCCCCCCCCC)C(N)=O.CCCCCCCCCCCCCCCCCCC(CCCCCCCCCCCCCCCC)C(N)=O. The number of nitrogens with two attached hydrogens (primary N) is 2. The first-order chi connectivity index (χ1) is 37.4. The average molecular weight is 1070 g/mol. The van der Waals surface area contributed by atoms with E-state index < -0.39 is 0 Å². The van der Waals surface area contributed by atoms with Crippen molar-refractivity contribution in [1.29, 1.82) is 0 Å². The van der Waals surface area contributed by atoms with Crippen LogP contribution in [0.3, 0.4) is 0 Å². The third-order valence-corrected chi connectivity index (χ3v) is 17.1. The van der Waals surface area contributed by atoms with Crippen molar-refractivity contribution in [2.24, 2.45) is 23.3 Å². The molecule has 0 saturated carbocycles. The van der Waals surface area contributed by atoms with E-state index in [-0.39, 0.29) is 23.7 Å². The van der Waals surface area contributed by atoms with Crippen LogP contribution in [0.1, 0.15) is 426 Å². The quantitative estimate of drug-likeness (QED) is 0.0470. The van der Waals surface area contributed by atoms with Gasteiger partial charge in [-0.05, 0) is 51.4 Å². The Hall–Kier alpha value is -1.32. The Labute approximate surface area is 480 Å². The number of unbranched alkanes of at least 4 members (excludes halogenated alkanes) is 53. The summed E-state index contributed by atoms with van der Waals surface area (Å²) in [4.78, 5) is 23.7. The molecule has 0 bridgehead atoms. The van der Waals surface area contributed by atoms with Crippen molar-refractivity contribution >= 4 is 11.8 Å². The van der Waals surface area contributed by atoms with E-state index in [1.54, 1.807) is 0 Å². The Morgan fingerprint density at radius 3 is 0.500 bits per heavy atom. The molecule has 0 fully saturated rings. The minimum atomic E-state index is -0.0661. The fourth-order valence-corrected chi connectivity index (χ4v) is 11.6. The van der Waals surface area contributed by atoms with Crippen LogP contribution in [0.5, 0.6) is 0 Å². The van der Waals surface area contributed by atoms with Crippen LogP contribution in [0, 0.1) is 11.8 Å². The van der Waals surface area contributed by atoms with Crippen molar-refractivity contribution in [2.75, 3.05) is 0 Å². The van der Waals surface area contributed by atoms with Crippen LogP contribution in [-0.2, 0) is 9.59 Å². The van der Waals surface area contributed by atoms with Crippen molar-refractivity contribution in [1.82, 2.24) is 0 Å². The molecule has 454 valence electrons. The predicted octanol–water partition coefficient (Wildman–Crippen LogP) is 25.0. The van der Waals surface area contributed by atoms with Gasteiger partial charge in [0, 0.05) is 11.8 Å². The molecule has 4 nitrogen and oxygen atoms in total. The van der Waals surface area contributed by atoms with E-state index >= 15 is 0 Å². The molecule has 0 radical (unpaired) electrons. The maximum absolute atomic E-state index is 11.9. The zero-order valence-corrected chi connectivity index (χ0v) is 53.1. The van der Waals surface area contributed by atoms with Crippen molar-refractivity contribution in [3.63, 3.8) is 0 Å². The van der Waals surface area contributed by atoms with Crippen LogP contribution < -0.4 is 11.5 Å². The molecule has 2 atom stereocenters. The molecule has 0 aliphatic heterocycles. The number of hydrogen-bond donors (Lipinski definition) is 2. The van der Waals surface area contributed by atoms with E-state index in [2.05, 4.69) is 39.8 Å². The maximum Gasteiger partial charge on any atom is 0.220 e. The van der Waals surface area contributed by atoms with E-state index in [4.69, 9.17) is 11.5 Å². The molecule has 0 aliphatic rings. The van der Waals surface area contributed by atoms with Gasteiger partial charge in [0.05, 0.1) is 0 Å². The first kappa shape index (κ1) is 76.7. The summed E-state index contributed by atoms with van der Waals surface area (Å²) in [6.45, 7) is 9.15. The topological polar surface area (TPSA) is 86.2 Å². The summed E-state index contributed by atoms with van der Waals surface area (Å²) in [6.07, 6.45) is 88.6. The van der Waals surface area contributed by atoms with Gasteiger partial charge in [0.25, 0.3) is 0 Å². The van der Waals surface area contributed by atoms with Gasteiger partial charge in [0.1, 0.15) is 0 Å². The Morgan fingerprint density at radius 2 is 0.355 bits per heavy atom. The highest BCUT2D eigenvalue weighted by atomic mass is 16.1. The molecule has 2 amide bonds. The molecule has 0 aromatic carbocycles. The first-order valence-electron chi connectivity index (χ1n) is 35.7. The molecule has 4 N–H and O–H groups in total. The Morgan fingerprint density at radius 1 is 0.224 bits per heavy atom. The second-order valence-corrected chi connectivity index (χ2v) is 24.8. The fraction of sp³-hybridized carbons (Fsp3) is 0.944. The third-order valence-electron chi connectivity index (χ3n) is 17.1. The summed E-state index contributed by atoms with van der Waals surface area (Å²) in [7, 11) is 0. The summed E-state index contributed by atoms with van der Waals surface area (Å²) < 4.78 is 0. The molecule has 0 heterocycles. The molecule has 0 aromatic rings. The summed E-state index contributed by atoms with van der Waals surface area (Å²) in [5, 5.41) is 0. The molecule has 0 spiro atoms. The van der Waals surface area contributed by atoms with Gasteiger partial charge in [-0.15, -0.1) is 0 Å². The van der Waals surface area contributed by atoms with Gasteiger partial charge in [0.15, 0.2) is 0 Å². The Balaban J connectivity index is 0. The van der Waals surface area contributed by atoms with Crippen molar-refractivity contribution in [3.05, 3.63) is 12.2 Å². The summed E-state index contributed by atoms with van der Waals surface area (Å²) in [5.74, 6) is 0.113. The van der Waals surface area contributed by atoms with Crippen molar-refractivity contribution in [2.45, 2.75) is 426 Å². The van der Waals surface area contributed by atoms with Crippen LogP contribution in [0.4, 0.5) is 0 Å². The van der Waals surface area contributed by atoms with Crippen LogP contribution in [0.15, 0.2) is 12.2 Å². The first-order valence-corrected chi connectivity index (χ1v) is 35.7. The largest absolute Gasteiger partial charge is 0.369 e. The highest BCUT2D eigenvalue weighted by molar-refractivity contribution is 5.76. The number of allylic oxidation sites excluding steroid dienone is 2. The zero-order chi connectivity index (χ0) is 55.6. The second kappa shape index (κ2) is 69.8. The van der Waals surface area contributed by atoms with E-state index in [9.17, 15) is 9.59 Å². The molecular weight excluding hydrogens is 925 g/mol. The number of amides is 2. The number of primary amides is 2. The summed E-state index contributed by atoms with van der Waals surface area (Å²) >= 11 is 0. The molecule has 0 aliphatic carbocycles. The normalized spacial score (nSPS) is 12.4. The van der Waals surface area contributed by atoms with Crippen LogP contribution in [-0.4, -0.2) is 11.8 Å². The third kappa shape index (κ3) is 67.0.